The van der Waals surface area contributed by atoms with E-state index in [1.807, 2.05) is 36.1 Å². The van der Waals surface area contributed by atoms with Crippen molar-refractivity contribution >= 4 is 5.91 Å². The van der Waals surface area contributed by atoms with Crippen LogP contribution in [0.3, 0.4) is 0 Å². The van der Waals surface area contributed by atoms with Crippen LogP contribution in [0.5, 0.6) is 0 Å². The van der Waals surface area contributed by atoms with Crippen LogP contribution in [0, 0.1) is 6.92 Å². The average molecular weight is 322 g/mol. The summed E-state index contributed by atoms with van der Waals surface area (Å²) >= 11 is 0. The minimum absolute atomic E-state index is 0.169. The SMILES string of the molecule is Cc1cccc(C(=O)N2CCN(CCCc3ccccc3)CC2)c1. The largest absolute Gasteiger partial charge is 0.336 e. The van der Waals surface area contributed by atoms with Crippen molar-refractivity contribution in [1.82, 2.24) is 9.80 Å². The first-order valence-corrected chi connectivity index (χ1v) is 8.84. The smallest absolute Gasteiger partial charge is 0.253 e. The second-order valence-corrected chi connectivity index (χ2v) is 6.59. The monoisotopic (exact) mass is 322 g/mol. The molecule has 1 fully saturated rings. The van der Waals surface area contributed by atoms with Gasteiger partial charge >= 0.3 is 0 Å². The molecular formula is C21H26N2O. The molecule has 2 aromatic rings. The van der Waals surface area contributed by atoms with Gasteiger partial charge in [-0.05, 0) is 44.0 Å². The first kappa shape index (κ1) is 16.7. The first-order valence-electron chi connectivity index (χ1n) is 8.84. The van der Waals surface area contributed by atoms with Gasteiger partial charge in [0.2, 0.25) is 0 Å². The molecule has 126 valence electrons. The van der Waals surface area contributed by atoms with Gasteiger partial charge in [0.25, 0.3) is 5.91 Å². The molecule has 2 aromatic carbocycles. The maximum atomic E-state index is 12.6. The van der Waals surface area contributed by atoms with Crippen molar-refractivity contribution in [1.29, 1.82) is 0 Å². The summed E-state index contributed by atoms with van der Waals surface area (Å²) in [6.45, 7) is 6.76. The number of aryl methyl sites for hydroxylation is 2. The Morgan fingerprint density at radius 2 is 1.71 bits per heavy atom. The van der Waals surface area contributed by atoms with Crippen molar-refractivity contribution in [2.24, 2.45) is 0 Å². The minimum atomic E-state index is 0.169. The van der Waals surface area contributed by atoms with Gasteiger partial charge in [0.05, 0.1) is 0 Å². The molecular weight excluding hydrogens is 296 g/mol. The van der Waals surface area contributed by atoms with E-state index in [4.69, 9.17) is 0 Å². The Kier molecular flexibility index (Phi) is 5.65. The summed E-state index contributed by atoms with van der Waals surface area (Å²) in [6.07, 6.45) is 2.30. The lowest BCUT2D eigenvalue weighted by Gasteiger charge is -2.34. The highest BCUT2D eigenvalue weighted by molar-refractivity contribution is 5.94. The molecule has 0 N–H and O–H groups in total. The molecule has 1 aliphatic rings. The Hall–Kier alpha value is -2.13. The van der Waals surface area contributed by atoms with Crippen molar-refractivity contribution in [2.75, 3.05) is 32.7 Å². The zero-order valence-electron chi connectivity index (χ0n) is 14.4. The molecule has 0 unspecified atom stereocenters. The number of amides is 1. The molecule has 0 spiro atoms. The van der Waals surface area contributed by atoms with Crippen LogP contribution in [0.4, 0.5) is 0 Å². The average Bonchev–Trinajstić information content (AvgIpc) is 2.63. The molecule has 0 atom stereocenters. The van der Waals surface area contributed by atoms with Gasteiger partial charge in [0.1, 0.15) is 0 Å². The Morgan fingerprint density at radius 3 is 2.42 bits per heavy atom. The van der Waals surface area contributed by atoms with Gasteiger partial charge in [-0.2, -0.15) is 0 Å². The molecule has 0 aromatic heterocycles. The highest BCUT2D eigenvalue weighted by Gasteiger charge is 2.21. The van der Waals surface area contributed by atoms with Crippen LogP contribution >= 0.6 is 0 Å². The minimum Gasteiger partial charge on any atom is -0.336 e. The second kappa shape index (κ2) is 8.11. The lowest BCUT2D eigenvalue weighted by molar-refractivity contribution is 0.0636. The summed E-state index contributed by atoms with van der Waals surface area (Å²) in [5.74, 6) is 0.169. The maximum Gasteiger partial charge on any atom is 0.253 e. The first-order chi connectivity index (χ1) is 11.7. The number of rotatable bonds is 5. The lowest BCUT2D eigenvalue weighted by Crippen LogP contribution is -2.48. The van der Waals surface area contributed by atoms with Crippen LogP contribution in [0.15, 0.2) is 54.6 Å². The van der Waals surface area contributed by atoms with Crippen LogP contribution < -0.4 is 0 Å². The highest BCUT2D eigenvalue weighted by Crippen LogP contribution is 2.11. The molecule has 0 bridgehead atoms. The normalized spacial score (nSPS) is 15.5. The fourth-order valence-corrected chi connectivity index (χ4v) is 3.29. The second-order valence-electron chi connectivity index (χ2n) is 6.59. The highest BCUT2D eigenvalue weighted by atomic mass is 16.2. The zero-order chi connectivity index (χ0) is 16.8. The van der Waals surface area contributed by atoms with E-state index < -0.39 is 0 Å². The third-order valence-electron chi connectivity index (χ3n) is 4.71. The van der Waals surface area contributed by atoms with Gasteiger partial charge in [-0.25, -0.2) is 0 Å². The third kappa shape index (κ3) is 4.45. The molecule has 0 radical (unpaired) electrons. The van der Waals surface area contributed by atoms with Crippen molar-refractivity contribution in [3.8, 4) is 0 Å². The van der Waals surface area contributed by atoms with Crippen LogP contribution in [-0.2, 0) is 6.42 Å². The van der Waals surface area contributed by atoms with Crippen LogP contribution in [0.1, 0.15) is 27.9 Å². The van der Waals surface area contributed by atoms with E-state index in [9.17, 15) is 4.79 Å². The van der Waals surface area contributed by atoms with Crippen molar-refractivity contribution in [3.05, 3.63) is 71.3 Å². The van der Waals surface area contributed by atoms with E-state index in [0.717, 1.165) is 50.3 Å². The quantitative estimate of drug-likeness (QED) is 0.842. The Bertz CT molecular complexity index is 661. The molecule has 0 aliphatic carbocycles. The molecule has 24 heavy (non-hydrogen) atoms. The summed E-state index contributed by atoms with van der Waals surface area (Å²) in [5.41, 5.74) is 3.36. The van der Waals surface area contributed by atoms with Crippen LogP contribution in [-0.4, -0.2) is 48.4 Å². The summed E-state index contributed by atoms with van der Waals surface area (Å²) in [6, 6.07) is 18.5. The number of benzene rings is 2. The molecule has 1 heterocycles. The molecule has 1 amide bonds. The summed E-state index contributed by atoms with van der Waals surface area (Å²) in [7, 11) is 0. The van der Waals surface area contributed by atoms with E-state index in [2.05, 4.69) is 35.2 Å². The number of piperazine rings is 1. The Balaban J connectivity index is 1.43. The topological polar surface area (TPSA) is 23.6 Å². The van der Waals surface area contributed by atoms with Gasteiger partial charge in [-0.3, -0.25) is 9.69 Å². The molecule has 1 saturated heterocycles. The van der Waals surface area contributed by atoms with Crippen LogP contribution in [0.25, 0.3) is 0 Å². The third-order valence-corrected chi connectivity index (χ3v) is 4.71. The fraction of sp³-hybridized carbons (Fsp3) is 0.381. The number of nitrogens with zero attached hydrogens (tertiary/aromatic N) is 2. The number of hydrogen-bond acceptors (Lipinski definition) is 2. The van der Waals surface area contributed by atoms with Crippen molar-refractivity contribution in [3.63, 3.8) is 0 Å². The predicted molar refractivity (Wildman–Crippen MR) is 98.3 cm³/mol. The molecule has 3 heteroatoms. The number of carbonyl (C=O) groups is 1. The summed E-state index contributed by atoms with van der Waals surface area (Å²) < 4.78 is 0. The van der Waals surface area contributed by atoms with Crippen molar-refractivity contribution in [2.45, 2.75) is 19.8 Å². The van der Waals surface area contributed by atoms with Crippen molar-refractivity contribution < 1.29 is 4.79 Å². The molecule has 1 aliphatic heterocycles. The van der Waals surface area contributed by atoms with Gasteiger partial charge in [-0.1, -0.05) is 48.0 Å². The Morgan fingerprint density at radius 1 is 0.958 bits per heavy atom. The van der Waals surface area contributed by atoms with Crippen LogP contribution in [0.2, 0.25) is 0 Å². The standard InChI is InChI=1S/C21H26N2O/c1-18-7-5-11-20(17-18)21(24)23-15-13-22(14-16-23)12-6-10-19-8-3-2-4-9-19/h2-5,7-9,11,17H,6,10,12-16H2,1H3. The molecule has 0 saturated carbocycles. The van der Waals surface area contributed by atoms with Gasteiger partial charge in [0, 0.05) is 31.7 Å². The summed E-state index contributed by atoms with van der Waals surface area (Å²) in [4.78, 5) is 17.0. The fourth-order valence-electron chi connectivity index (χ4n) is 3.29. The number of hydrogen-bond donors (Lipinski definition) is 0. The zero-order valence-corrected chi connectivity index (χ0v) is 14.4. The number of carbonyl (C=O) groups excluding carboxylic acids is 1. The van der Waals surface area contributed by atoms with E-state index >= 15 is 0 Å². The van der Waals surface area contributed by atoms with Gasteiger partial charge in [0.15, 0.2) is 0 Å². The van der Waals surface area contributed by atoms with E-state index in [0.29, 0.717) is 0 Å². The maximum absolute atomic E-state index is 12.6. The lowest BCUT2D eigenvalue weighted by atomic mass is 10.1. The predicted octanol–water partition coefficient (Wildman–Crippen LogP) is 3.39. The molecule has 3 nitrogen and oxygen atoms in total. The molecule has 3 rings (SSSR count). The van der Waals surface area contributed by atoms with E-state index in [-0.39, 0.29) is 5.91 Å². The van der Waals surface area contributed by atoms with E-state index in [1.54, 1.807) is 0 Å². The van der Waals surface area contributed by atoms with Gasteiger partial charge in [-0.15, -0.1) is 0 Å². The van der Waals surface area contributed by atoms with E-state index in [1.165, 1.54) is 12.0 Å². The summed E-state index contributed by atoms with van der Waals surface area (Å²) in [5, 5.41) is 0. The van der Waals surface area contributed by atoms with Gasteiger partial charge < -0.3 is 4.90 Å². The Labute approximate surface area is 144 Å².